The van der Waals surface area contributed by atoms with Crippen LogP contribution in [-0.2, 0) is 0 Å². The van der Waals surface area contributed by atoms with Gasteiger partial charge in [0.05, 0.1) is 11.8 Å². The van der Waals surface area contributed by atoms with Gasteiger partial charge in [0.2, 0.25) is 0 Å². The Kier molecular flexibility index (Phi) is 3.62. The van der Waals surface area contributed by atoms with E-state index in [0.717, 1.165) is 0 Å². The normalized spacial score (nSPS) is 12.2. The van der Waals surface area contributed by atoms with Gasteiger partial charge in [0.25, 0.3) is 0 Å². The first kappa shape index (κ1) is 11.5. The van der Waals surface area contributed by atoms with Crippen LogP contribution >= 0.6 is 0 Å². The summed E-state index contributed by atoms with van der Waals surface area (Å²) < 4.78 is 13.4. The number of hydrogen-bond acceptors (Lipinski definition) is 3. The van der Waals surface area contributed by atoms with E-state index in [9.17, 15) is 4.39 Å². The number of anilines is 1. The summed E-state index contributed by atoms with van der Waals surface area (Å²) in [6, 6.07) is 4.23. The van der Waals surface area contributed by atoms with Crippen LogP contribution in [0.4, 0.5) is 10.1 Å². The van der Waals surface area contributed by atoms with E-state index in [1.165, 1.54) is 12.1 Å². The molecular formula is C10H14FN3O. The third-order valence-corrected chi connectivity index (χ3v) is 1.87. The van der Waals surface area contributed by atoms with Crippen LogP contribution in [0.15, 0.2) is 18.2 Å². The lowest BCUT2D eigenvalue weighted by molar-refractivity contribution is 0.208. The first-order valence-corrected chi connectivity index (χ1v) is 4.56. The fraction of sp³-hybridized carbons (Fsp3) is 0.300. The van der Waals surface area contributed by atoms with Gasteiger partial charge in [-0.15, -0.1) is 0 Å². The van der Waals surface area contributed by atoms with Gasteiger partial charge in [-0.3, -0.25) is 5.41 Å². The molecule has 0 aromatic heterocycles. The van der Waals surface area contributed by atoms with Crippen molar-refractivity contribution in [3.05, 3.63) is 29.6 Å². The number of nitrogens with one attached hydrogen (secondary N) is 2. The van der Waals surface area contributed by atoms with Gasteiger partial charge in [-0.05, 0) is 25.1 Å². The topological polar surface area (TPSA) is 82.1 Å². The highest BCUT2D eigenvalue weighted by molar-refractivity contribution is 5.95. The molecule has 1 atom stereocenters. The smallest absolute Gasteiger partial charge is 0.147 e. The van der Waals surface area contributed by atoms with E-state index >= 15 is 0 Å². The van der Waals surface area contributed by atoms with Crippen molar-refractivity contribution in [2.45, 2.75) is 13.0 Å². The molecule has 1 aromatic carbocycles. The summed E-state index contributed by atoms with van der Waals surface area (Å²) in [5.74, 6) is -0.653. The Bertz CT molecular complexity index is 366. The average molecular weight is 211 g/mol. The third kappa shape index (κ3) is 3.21. The molecule has 5 N–H and O–H groups in total. The van der Waals surface area contributed by atoms with E-state index in [2.05, 4.69) is 5.32 Å². The number of amidine groups is 1. The number of halogens is 1. The van der Waals surface area contributed by atoms with Crippen molar-refractivity contribution in [3.63, 3.8) is 0 Å². The molecule has 0 bridgehead atoms. The molecule has 0 saturated carbocycles. The molecule has 0 saturated heterocycles. The summed E-state index contributed by atoms with van der Waals surface area (Å²) in [7, 11) is 0. The fourth-order valence-corrected chi connectivity index (χ4v) is 1.08. The molecule has 1 rings (SSSR count). The van der Waals surface area contributed by atoms with Gasteiger partial charge in [-0.1, -0.05) is 0 Å². The summed E-state index contributed by atoms with van der Waals surface area (Å²) in [5, 5.41) is 18.9. The molecular weight excluding hydrogens is 197 g/mol. The lowest BCUT2D eigenvalue weighted by atomic mass is 10.2. The lowest BCUT2D eigenvalue weighted by Gasteiger charge is -2.10. The first-order chi connectivity index (χ1) is 7.00. The van der Waals surface area contributed by atoms with Crippen molar-refractivity contribution < 1.29 is 9.50 Å². The summed E-state index contributed by atoms with van der Waals surface area (Å²) in [5.41, 5.74) is 5.85. The molecule has 0 aliphatic carbocycles. The number of hydrogen-bond donors (Lipinski definition) is 4. The second kappa shape index (κ2) is 4.75. The predicted octanol–water partition coefficient (Wildman–Crippen LogP) is 0.902. The second-order valence-electron chi connectivity index (χ2n) is 3.34. The maximum Gasteiger partial charge on any atom is 0.147 e. The van der Waals surface area contributed by atoms with Gasteiger partial charge in [0.1, 0.15) is 11.7 Å². The second-order valence-corrected chi connectivity index (χ2v) is 3.34. The monoisotopic (exact) mass is 211 g/mol. The minimum Gasteiger partial charge on any atom is -0.392 e. The minimum atomic E-state index is -0.545. The molecule has 0 aliphatic rings. The third-order valence-electron chi connectivity index (χ3n) is 1.87. The number of nitrogen functional groups attached to an aromatic ring is 1. The highest BCUT2D eigenvalue weighted by Crippen LogP contribution is 2.15. The SMILES string of the molecule is CC(O)CNc1ccc(C(=N)N)cc1F. The van der Waals surface area contributed by atoms with Crippen molar-refractivity contribution in [3.8, 4) is 0 Å². The van der Waals surface area contributed by atoms with Gasteiger partial charge >= 0.3 is 0 Å². The predicted molar refractivity (Wildman–Crippen MR) is 57.6 cm³/mol. The Hall–Kier alpha value is -1.62. The van der Waals surface area contributed by atoms with Crippen LogP contribution in [0.2, 0.25) is 0 Å². The van der Waals surface area contributed by atoms with Gasteiger partial charge in [0, 0.05) is 12.1 Å². The summed E-state index contributed by atoms with van der Waals surface area (Å²) in [6.07, 6.45) is -0.545. The minimum absolute atomic E-state index is 0.170. The molecule has 1 unspecified atom stereocenters. The Morgan fingerprint density at radius 1 is 1.67 bits per heavy atom. The number of aliphatic hydroxyl groups is 1. The van der Waals surface area contributed by atoms with Gasteiger partial charge in [0.15, 0.2) is 0 Å². The van der Waals surface area contributed by atoms with Crippen LogP contribution in [0, 0.1) is 11.2 Å². The maximum atomic E-state index is 13.4. The maximum absolute atomic E-state index is 13.4. The molecule has 15 heavy (non-hydrogen) atoms. The Morgan fingerprint density at radius 2 is 2.33 bits per heavy atom. The zero-order valence-corrected chi connectivity index (χ0v) is 8.42. The number of nitrogens with two attached hydrogens (primary N) is 1. The van der Waals surface area contributed by atoms with E-state index in [1.54, 1.807) is 13.0 Å². The highest BCUT2D eigenvalue weighted by Gasteiger charge is 2.05. The molecule has 4 nitrogen and oxygen atoms in total. The van der Waals surface area contributed by atoms with Gasteiger partial charge in [-0.25, -0.2) is 4.39 Å². The lowest BCUT2D eigenvalue weighted by Crippen LogP contribution is -2.17. The van der Waals surface area contributed by atoms with Crippen LogP contribution in [0.3, 0.4) is 0 Å². The first-order valence-electron chi connectivity index (χ1n) is 4.56. The molecule has 0 fully saturated rings. The quantitative estimate of drug-likeness (QED) is 0.441. The molecule has 5 heteroatoms. The Labute approximate surface area is 87.4 Å². The van der Waals surface area contributed by atoms with E-state index in [0.29, 0.717) is 11.3 Å². The van der Waals surface area contributed by atoms with Crippen molar-refractivity contribution in [1.82, 2.24) is 0 Å². The number of aliphatic hydroxyl groups excluding tert-OH is 1. The standard InChI is InChI=1S/C10H14FN3O/c1-6(15)5-14-9-3-2-7(10(12)13)4-8(9)11/h2-4,6,14-15H,5H2,1H3,(H3,12,13). The van der Waals surface area contributed by atoms with Crippen LogP contribution < -0.4 is 11.1 Å². The van der Waals surface area contributed by atoms with Crippen molar-refractivity contribution in [2.24, 2.45) is 5.73 Å². The number of benzene rings is 1. The molecule has 0 radical (unpaired) electrons. The average Bonchev–Trinajstić information content (AvgIpc) is 2.15. The summed E-state index contributed by atoms with van der Waals surface area (Å²) in [6.45, 7) is 1.88. The van der Waals surface area contributed by atoms with Crippen molar-refractivity contribution >= 4 is 11.5 Å². The number of rotatable bonds is 4. The van der Waals surface area contributed by atoms with Crippen LogP contribution in [0.5, 0.6) is 0 Å². The van der Waals surface area contributed by atoms with E-state index in [1.807, 2.05) is 0 Å². The van der Waals surface area contributed by atoms with E-state index < -0.39 is 11.9 Å². The highest BCUT2D eigenvalue weighted by atomic mass is 19.1. The zero-order valence-electron chi connectivity index (χ0n) is 8.42. The Balaban J connectivity index is 2.79. The molecule has 0 heterocycles. The fourth-order valence-electron chi connectivity index (χ4n) is 1.08. The van der Waals surface area contributed by atoms with Crippen LogP contribution in [0.1, 0.15) is 12.5 Å². The molecule has 0 spiro atoms. The van der Waals surface area contributed by atoms with E-state index in [-0.39, 0.29) is 12.4 Å². The van der Waals surface area contributed by atoms with Gasteiger partial charge < -0.3 is 16.2 Å². The molecule has 82 valence electrons. The van der Waals surface area contributed by atoms with Gasteiger partial charge in [-0.2, -0.15) is 0 Å². The molecule has 1 aromatic rings. The Morgan fingerprint density at radius 3 is 2.80 bits per heavy atom. The molecule has 0 amide bonds. The summed E-state index contributed by atoms with van der Waals surface area (Å²) in [4.78, 5) is 0. The largest absolute Gasteiger partial charge is 0.392 e. The van der Waals surface area contributed by atoms with E-state index in [4.69, 9.17) is 16.2 Å². The molecule has 0 aliphatic heterocycles. The zero-order chi connectivity index (χ0) is 11.4. The van der Waals surface area contributed by atoms with Crippen molar-refractivity contribution in [2.75, 3.05) is 11.9 Å². The van der Waals surface area contributed by atoms with Crippen LogP contribution in [-0.4, -0.2) is 23.6 Å². The summed E-state index contributed by atoms with van der Waals surface area (Å²) >= 11 is 0. The van der Waals surface area contributed by atoms with Crippen LogP contribution in [0.25, 0.3) is 0 Å². The van der Waals surface area contributed by atoms with Crippen molar-refractivity contribution in [1.29, 1.82) is 5.41 Å².